The highest BCUT2D eigenvalue weighted by Crippen LogP contribution is 2.23. The van der Waals surface area contributed by atoms with E-state index in [1.807, 2.05) is 13.0 Å². The Morgan fingerprint density at radius 3 is 2.48 bits per heavy atom. The summed E-state index contributed by atoms with van der Waals surface area (Å²) in [6.45, 7) is 2.40. The molecule has 0 atom stereocenters. The van der Waals surface area contributed by atoms with Gasteiger partial charge in [-0.05, 0) is 52.2 Å². The lowest BCUT2D eigenvalue weighted by Gasteiger charge is -2.10. The molecule has 1 heterocycles. The summed E-state index contributed by atoms with van der Waals surface area (Å²) in [6.07, 6.45) is -2.99. The van der Waals surface area contributed by atoms with Crippen LogP contribution in [0.4, 0.5) is 18.9 Å². The fourth-order valence-corrected chi connectivity index (χ4v) is 1.88. The Morgan fingerprint density at radius 2 is 1.90 bits per heavy atom. The van der Waals surface area contributed by atoms with Crippen LogP contribution >= 0.6 is 15.9 Å². The molecule has 0 bridgehead atoms. The molecule has 0 saturated carbocycles. The minimum Gasteiger partial charge on any atom is -0.406 e. The number of anilines is 1. The van der Waals surface area contributed by atoms with Crippen molar-refractivity contribution in [3.05, 3.63) is 52.3 Å². The van der Waals surface area contributed by atoms with Gasteiger partial charge in [-0.25, -0.2) is 4.98 Å². The Morgan fingerprint density at radius 1 is 1.24 bits per heavy atom. The molecule has 112 valence electrons. The van der Waals surface area contributed by atoms with E-state index in [1.54, 1.807) is 18.3 Å². The molecule has 3 nitrogen and oxygen atoms in total. The number of hydrogen-bond donors (Lipinski definition) is 1. The van der Waals surface area contributed by atoms with Crippen molar-refractivity contribution < 1.29 is 17.9 Å². The van der Waals surface area contributed by atoms with E-state index in [0.717, 1.165) is 21.4 Å². The Kier molecular flexibility index (Phi) is 4.72. The minimum atomic E-state index is -4.67. The third kappa shape index (κ3) is 4.93. The second kappa shape index (κ2) is 6.34. The summed E-state index contributed by atoms with van der Waals surface area (Å²) < 4.78 is 40.7. The average molecular weight is 361 g/mol. The van der Waals surface area contributed by atoms with Gasteiger partial charge in [-0.15, -0.1) is 13.2 Å². The highest BCUT2D eigenvalue weighted by atomic mass is 79.9. The largest absolute Gasteiger partial charge is 0.573 e. The normalized spacial score (nSPS) is 11.3. The van der Waals surface area contributed by atoms with Crippen LogP contribution in [0.5, 0.6) is 5.75 Å². The van der Waals surface area contributed by atoms with E-state index in [2.05, 4.69) is 31.0 Å². The van der Waals surface area contributed by atoms with Crippen molar-refractivity contribution in [2.24, 2.45) is 0 Å². The third-order valence-corrected chi connectivity index (χ3v) is 3.50. The van der Waals surface area contributed by atoms with Crippen molar-refractivity contribution in [3.63, 3.8) is 0 Å². The molecule has 2 aromatic rings. The molecular formula is C14H12BrF3N2O. The molecule has 0 radical (unpaired) electrons. The number of pyridine rings is 1. The van der Waals surface area contributed by atoms with Crippen molar-refractivity contribution in [3.8, 4) is 5.75 Å². The number of alkyl halides is 3. The van der Waals surface area contributed by atoms with Gasteiger partial charge in [0.1, 0.15) is 10.4 Å². The number of aromatic nitrogens is 1. The number of rotatable bonds is 4. The summed E-state index contributed by atoms with van der Waals surface area (Å²) in [5, 5.41) is 3.15. The first-order valence-electron chi connectivity index (χ1n) is 6.04. The van der Waals surface area contributed by atoms with Crippen molar-refractivity contribution in [2.45, 2.75) is 19.8 Å². The Bertz CT molecular complexity index is 615. The van der Waals surface area contributed by atoms with E-state index in [-0.39, 0.29) is 5.75 Å². The first kappa shape index (κ1) is 15.6. The summed E-state index contributed by atoms with van der Waals surface area (Å²) in [7, 11) is 0. The van der Waals surface area contributed by atoms with Crippen LogP contribution in [0.25, 0.3) is 0 Å². The van der Waals surface area contributed by atoms with E-state index >= 15 is 0 Å². The average Bonchev–Trinajstić information content (AvgIpc) is 2.40. The van der Waals surface area contributed by atoms with Crippen LogP contribution in [0.15, 0.2) is 41.1 Å². The molecule has 0 amide bonds. The van der Waals surface area contributed by atoms with Gasteiger partial charge in [0.05, 0.1) is 11.9 Å². The Hall–Kier alpha value is -1.76. The molecule has 1 N–H and O–H groups in total. The third-order valence-electron chi connectivity index (χ3n) is 2.67. The van der Waals surface area contributed by atoms with Crippen LogP contribution in [0.1, 0.15) is 11.1 Å². The van der Waals surface area contributed by atoms with Crippen molar-refractivity contribution in [1.82, 2.24) is 4.98 Å². The van der Waals surface area contributed by atoms with Crippen LogP contribution in [-0.2, 0) is 6.54 Å². The molecule has 0 spiro atoms. The quantitative estimate of drug-likeness (QED) is 0.805. The van der Waals surface area contributed by atoms with E-state index in [1.165, 1.54) is 12.1 Å². The second-order valence-electron chi connectivity index (χ2n) is 4.38. The smallest absolute Gasteiger partial charge is 0.406 e. The van der Waals surface area contributed by atoms with Gasteiger partial charge in [0, 0.05) is 6.54 Å². The van der Waals surface area contributed by atoms with Crippen molar-refractivity contribution >= 4 is 21.6 Å². The van der Waals surface area contributed by atoms with Gasteiger partial charge < -0.3 is 10.1 Å². The number of halogens is 4. The van der Waals surface area contributed by atoms with E-state index in [9.17, 15) is 13.2 Å². The highest BCUT2D eigenvalue weighted by molar-refractivity contribution is 9.10. The van der Waals surface area contributed by atoms with Gasteiger partial charge in [-0.1, -0.05) is 12.1 Å². The summed E-state index contributed by atoms with van der Waals surface area (Å²) >= 11 is 3.31. The summed E-state index contributed by atoms with van der Waals surface area (Å²) in [5.74, 6) is -0.229. The molecule has 0 aliphatic carbocycles. The predicted molar refractivity (Wildman–Crippen MR) is 77.1 cm³/mol. The molecule has 1 aromatic heterocycles. The van der Waals surface area contributed by atoms with Crippen molar-refractivity contribution in [2.75, 3.05) is 5.32 Å². The second-order valence-corrected chi connectivity index (χ2v) is 5.13. The van der Waals surface area contributed by atoms with E-state index < -0.39 is 6.36 Å². The van der Waals surface area contributed by atoms with Crippen LogP contribution in [0.2, 0.25) is 0 Å². The topological polar surface area (TPSA) is 34.1 Å². The first-order chi connectivity index (χ1) is 9.83. The summed E-state index contributed by atoms with van der Waals surface area (Å²) in [5.41, 5.74) is 2.67. The van der Waals surface area contributed by atoms with Gasteiger partial charge in [0.15, 0.2) is 0 Å². The Labute approximate surface area is 128 Å². The number of nitrogens with one attached hydrogen (secondary N) is 1. The van der Waals surface area contributed by atoms with Gasteiger partial charge in [0.2, 0.25) is 0 Å². The minimum absolute atomic E-state index is 0.229. The molecule has 2 rings (SSSR count). The maximum atomic E-state index is 12.0. The molecule has 0 aliphatic rings. The van der Waals surface area contributed by atoms with Gasteiger partial charge in [0.25, 0.3) is 0 Å². The summed E-state index contributed by atoms with van der Waals surface area (Å²) in [4.78, 5) is 4.15. The lowest BCUT2D eigenvalue weighted by Crippen LogP contribution is -2.17. The zero-order valence-electron chi connectivity index (χ0n) is 11.0. The lowest BCUT2D eigenvalue weighted by atomic mass is 10.2. The fourth-order valence-electron chi connectivity index (χ4n) is 1.67. The molecule has 0 saturated heterocycles. The number of aryl methyl sites for hydroxylation is 1. The standard InChI is InChI=1S/C14H12BrF3N2O/c1-9-6-11(8-20-13(9)15)19-7-10-2-4-12(5-3-10)21-14(16,17)18/h2-6,8,19H,7H2,1H3. The van der Waals surface area contributed by atoms with Crippen molar-refractivity contribution in [1.29, 1.82) is 0 Å². The highest BCUT2D eigenvalue weighted by Gasteiger charge is 2.30. The lowest BCUT2D eigenvalue weighted by molar-refractivity contribution is -0.274. The Balaban J connectivity index is 1.96. The molecule has 0 fully saturated rings. The summed E-state index contributed by atoms with van der Waals surface area (Å²) in [6, 6.07) is 7.66. The van der Waals surface area contributed by atoms with Crippen LogP contribution in [-0.4, -0.2) is 11.3 Å². The first-order valence-corrected chi connectivity index (χ1v) is 6.83. The zero-order chi connectivity index (χ0) is 15.5. The van der Waals surface area contributed by atoms with E-state index in [0.29, 0.717) is 6.54 Å². The van der Waals surface area contributed by atoms with Crippen LogP contribution in [0, 0.1) is 6.92 Å². The molecule has 0 aliphatic heterocycles. The SMILES string of the molecule is Cc1cc(NCc2ccc(OC(F)(F)F)cc2)cnc1Br. The number of ether oxygens (including phenoxy) is 1. The maximum Gasteiger partial charge on any atom is 0.573 e. The van der Waals surface area contributed by atoms with E-state index in [4.69, 9.17) is 0 Å². The molecule has 7 heteroatoms. The predicted octanol–water partition coefficient (Wildman–Crippen LogP) is 4.66. The van der Waals surface area contributed by atoms with Gasteiger partial charge in [-0.2, -0.15) is 0 Å². The molecule has 0 unspecified atom stereocenters. The number of nitrogens with zero attached hydrogens (tertiary/aromatic N) is 1. The van der Waals surface area contributed by atoms with Gasteiger partial charge in [-0.3, -0.25) is 0 Å². The van der Waals surface area contributed by atoms with Gasteiger partial charge >= 0.3 is 6.36 Å². The zero-order valence-corrected chi connectivity index (χ0v) is 12.6. The molecule has 1 aromatic carbocycles. The maximum absolute atomic E-state index is 12.0. The van der Waals surface area contributed by atoms with Crippen LogP contribution < -0.4 is 10.1 Å². The van der Waals surface area contributed by atoms with Crippen LogP contribution in [0.3, 0.4) is 0 Å². The molecule has 21 heavy (non-hydrogen) atoms. The monoisotopic (exact) mass is 360 g/mol. The number of benzene rings is 1. The number of hydrogen-bond acceptors (Lipinski definition) is 3. The fraction of sp³-hybridized carbons (Fsp3) is 0.214. The molecular weight excluding hydrogens is 349 g/mol.